The summed E-state index contributed by atoms with van der Waals surface area (Å²) in [7, 11) is 1.65. The minimum absolute atomic E-state index is 0.222. The van der Waals surface area contributed by atoms with Gasteiger partial charge in [0.2, 0.25) is 5.91 Å². The Kier molecular flexibility index (Phi) is 3.87. The Bertz CT molecular complexity index is 334. The van der Waals surface area contributed by atoms with Gasteiger partial charge in [0.15, 0.2) is 6.10 Å². The second kappa shape index (κ2) is 5.24. The summed E-state index contributed by atoms with van der Waals surface area (Å²) < 4.78 is 10.6. The van der Waals surface area contributed by atoms with Crippen molar-refractivity contribution in [1.29, 1.82) is 0 Å². The molecule has 0 bridgehead atoms. The molecule has 1 aliphatic carbocycles. The summed E-state index contributed by atoms with van der Waals surface area (Å²) in [5, 5.41) is 11.6. The van der Waals surface area contributed by atoms with Gasteiger partial charge in [0.05, 0.1) is 5.60 Å². The third kappa shape index (κ3) is 2.64. The number of hydrogen-bond donors (Lipinski definition) is 2. The standard InChI is InChI=1S/C12H19NO5/c1-17-12(5-2-6-12)7-13-10(14)8-3-4-9(18-8)11(15)16/h8-9H,2-7H2,1H3,(H,13,14)(H,15,16)/t8-,9+/m0/s1. The van der Waals surface area contributed by atoms with E-state index in [4.69, 9.17) is 14.6 Å². The molecule has 2 aliphatic rings. The lowest BCUT2D eigenvalue weighted by molar-refractivity contribution is -0.152. The van der Waals surface area contributed by atoms with Gasteiger partial charge in [-0.25, -0.2) is 4.79 Å². The summed E-state index contributed by atoms with van der Waals surface area (Å²) in [5.41, 5.74) is -0.222. The van der Waals surface area contributed by atoms with E-state index >= 15 is 0 Å². The Morgan fingerprint density at radius 3 is 2.50 bits per heavy atom. The van der Waals surface area contributed by atoms with Crippen molar-refractivity contribution in [2.45, 2.75) is 49.9 Å². The predicted molar refractivity (Wildman–Crippen MR) is 62.1 cm³/mol. The SMILES string of the molecule is COC1(CNC(=O)[C@@H]2CC[C@H](C(=O)O)O2)CCC1. The molecule has 2 fully saturated rings. The molecule has 2 N–H and O–H groups in total. The van der Waals surface area contributed by atoms with Gasteiger partial charge in [0, 0.05) is 13.7 Å². The Labute approximate surface area is 106 Å². The highest BCUT2D eigenvalue weighted by molar-refractivity contribution is 5.82. The number of methoxy groups -OCH3 is 1. The monoisotopic (exact) mass is 257 g/mol. The van der Waals surface area contributed by atoms with Crippen molar-refractivity contribution in [3.05, 3.63) is 0 Å². The number of carbonyl (C=O) groups excluding carboxylic acids is 1. The highest BCUT2D eigenvalue weighted by Gasteiger charge is 2.39. The number of carboxylic acid groups (broad SMARTS) is 1. The van der Waals surface area contributed by atoms with Crippen LogP contribution in [0.3, 0.4) is 0 Å². The van der Waals surface area contributed by atoms with Gasteiger partial charge in [-0.3, -0.25) is 4.79 Å². The Morgan fingerprint density at radius 2 is 2.06 bits per heavy atom. The maximum Gasteiger partial charge on any atom is 0.332 e. The van der Waals surface area contributed by atoms with Crippen LogP contribution in [-0.2, 0) is 19.1 Å². The smallest absolute Gasteiger partial charge is 0.332 e. The maximum absolute atomic E-state index is 11.8. The fourth-order valence-corrected chi connectivity index (χ4v) is 2.40. The van der Waals surface area contributed by atoms with Crippen molar-refractivity contribution in [2.75, 3.05) is 13.7 Å². The number of aliphatic carboxylic acids is 1. The number of rotatable bonds is 5. The van der Waals surface area contributed by atoms with Crippen LogP contribution in [0.5, 0.6) is 0 Å². The molecule has 1 heterocycles. The van der Waals surface area contributed by atoms with Gasteiger partial charge < -0.3 is 19.9 Å². The molecule has 18 heavy (non-hydrogen) atoms. The average Bonchev–Trinajstić information content (AvgIpc) is 2.77. The number of nitrogens with one attached hydrogen (secondary N) is 1. The molecule has 2 rings (SSSR count). The molecular weight excluding hydrogens is 238 g/mol. The third-order valence-corrected chi connectivity index (χ3v) is 3.87. The van der Waals surface area contributed by atoms with Gasteiger partial charge in [0.1, 0.15) is 6.10 Å². The molecule has 0 aromatic heterocycles. The van der Waals surface area contributed by atoms with Gasteiger partial charge in [-0.2, -0.15) is 0 Å². The van der Waals surface area contributed by atoms with Crippen LogP contribution in [0.15, 0.2) is 0 Å². The van der Waals surface area contributed by atoms with Crippen LogP contribution in [0.4, 0.5) is 0 Å². The first-order chi connectivity index (χ1) is 8.56. The number of amides is 1. The molecule has 102 valence electrons. The minimum atomic E-state index is -1.00. The van der Waals surface area contributed by atoms with Crippen LogP contribution < -0.4 is 5.32 Å². The summed E-state index contributed by atoms with van der Waals surface area (Å²) in [4.78, 5) is 22.5. The van der Waals surface area contributed by atoms with Crippen molar-refractivity contribution < 1.29 is 24.2 Å². The van der Waals surface area contributed by atoms with E-state index in [-0.39, 0.29) is 11.5 Å². The number of carbonyl (C=O) groups is 2. The second-order valence-corrected chi connectivity index (χ2v) is 4.99. The normalized spacial score (nSPS) is 29.6. The van der Waals surface area contributed by atoms with E-state index in [1.54, 1.807) is 7.11 Å². The fraction of sp³-hybridized carbons (Fsp3) is 0.833. The first kappa shape index (κ1) is 13.3. The first-order valence-corrected chi connectivity index (χ1v) is 6.27. The second-order valence-electron chi connectivity index (χ2n) is 4.99. The van der Waals surface area contributed by atoms with Crippen LogP contribution in [0.1, 0.15) is 32.1 Å². The van der Waals surface area contributed by atoms with Crippen molar-refractivity contribution in [3.8, 4) is 0 Å². The molecule has 0 spiro atoms. The van der Waals surface area contributed by atoms with E-state index in [1.165, 1.54) is 0 Å². The zero-order valence-electron chi connectivity index (χ0n) is 10.5. The zero-order chi connectivity index (χ0) is 13.2. The average molecular weight is 257 g/mol. The van der Waals surface area contributed by atoms with Gasteiger partial charge in [0.25, 0.3) is 0 Å². The summed E-state index contributed by atoms with van der Waals surface area (Å²) in [6.45, 7) is 0.472. The molecule has 0 radical (unpaired) electrons. The Morgan fingerprint density at radius 1 is 1.39 bits per heavy atom. The van der Waals surface area contributed by atoms with E-state index in [1.807, 2.05) is 0 Å². The topological polar surface area (TPSA) is 84.9 Å². The van der Waals surface area contributed by atoms with Gasteiger partial charge in [-0.05, 0) is 32.1 Å². The molecule has 1 amide bonds. The van der Waals surface area contributed by atoms with E-state index in [0.29, 0.717) is 19.4 Å². The quantitative estimate of drug-likeness (QED) is 0.740. The number of hydrogen-bond acceptors (Lipinski definition) is 4. The minimum Gasteiger partial charge on any atom is -0.479 e. The molecule has 0 unspecified atom stereocenters. The molecule has 6 heteroatoms. The van der Waals surface area contributed by atoms with Crippen LogP contribution in [-0.4, -0.2) is 48.4 Å². The van der Waals surface area contributed by atoms with E-state index in [9.17, 15) is 9.59 Å². The predicted octanol–water partition coefficient (Wildman–Crippen LogP) is 0.304. The highest BCUT2D eigenvalue weighted by Crippen LogP contribution is 2.34. The van der Waals surface area contributed by atoms with Crippen molar-refractivity contribution in [2.24, 2.45) is 0 Å². The van der Waals surface area contributed by atoms with Crippen molar-refractivity contribution in [1.82, 2.24) is 5.32 Å². The van der Waals surface area contributed by atoms with E-state index in [0.717, 1.165) is 19.3 Å². The lowest BCUT2D eigenvalue weighted by Crippen LogP contribution is -2.51. The summed E-state index contributed by atoms with van der Waals surface area (Å²) in [5.74, 6) is -1.24. The molecule has 6 nitrogen and oxygen atoms in total. The summed E-state index contributed by atoms with van der Waals surface area (Å²) in [6, 6.07) is 0. The van der Waals surface area contributed by atoms with Gasteiger partial charge >= 0.3 is 5.97 Å². The lowest BCUT2D eigenvalue weighted by atomic mass is 9.80. The molecular formula is C12H19NO5. The summed E-state index contributed by atoms with van der Waals surface area (Å²) >= 11 is 0. The van der Waals surface area contributed by atoms with Crippen molar-refractivity contribution in [3.63, 3.8) is 0 Å². The Hall–Kier alpha value is -1.14. The molecule has 0 aromatic rings. The van der Waals surface area contributed by atoms with E-state index < -0.39 is 18.2 Å². The maximum atomic E-state index is 11.8. The fourth-order valence-electron chi connectivity index (χ4n) is 2.40. The molecule has 1 saturated carbocycles. The zero-order valence-corrected chi connectivity index (χ0v) is 10.5. The van der Waals surface area contributed by atoms with Crippen LogP contribution in [0.2, 0.25) is 0 Å². The summed E-state index contributed by atoms with van der Waals surface area (Å²) in [6.07, 6.45) is 2.39. The van der Waals surface area contributed by atoms with Crippen molar-refractivity contribution >= 4 is 11.9 Å². The number of ether oxygens (including phenoxy) is 2. The van der Waals surface area contributed by atoms with E-state index in [2.05, 4.69) is 5.32 Å². The molecule has 1 aliphatic heterocycles. The lowest BCUT2D eigenvalue weighted by Gasteiger charge is -2.40. The Balaban J connectivity index is 1.77. The molecule has 0 aromatic carbocycles. The largest absolute Gasteiger partial charge is 0.479 e. The van der Waals surface area contributed by atoms with Crippen LogP contribution >= 0.6 is 0 Å². The number of carboxylic acids is 1. The van der Waals surface area contributed by atoms with Crippen LogP contribution in [0, 0.1) is 0 Å². The molecule has 2 atom stereocenters. The van der Waals surface area contributed by atoms with Gasteiger partial charge in [-0.15, -0.1) is 0 Å². The highest BCUT2D eigenvalue weighted by atomic mass is 16.5. The first-order valence-electron chi connectivity index (χ1n) is 6.27. The van der Waals surface area contributed by atoms with Gasteiger partial charge in [-0.1, -0.05) is 0 Å². The molecule has 1 saturated heterocycles. The van der Waals surface area contributed by atoms with Crippen LogP contribution in [0.25, 0.3) is 0 Å². The third-order valence-electron chi connectivity index (χ3n) is 3.87.